The Balaban J connectivity index is 2.22. The van der Waals surface area contributed by atoms with Crippen LogP contribution in [0, 0.1) is 5.92 Å². The van der Waals surface area contributed by atoms with Crippen molar-refractivity contribution in [3.63, 3.8) is 0 Å². The third-order valence-electron chi connectivity index (χ3n) is 3.08. The molecule has 1 saturated heterocycles. The zero-order chi connectivity index (χ0) is 13.1. The van der Waals surface area contributed by atoms with Gasteiger partial charge in [-0.25, -0.2) is 0 Å². The largest absolute Gasteiger partial charge is 0.379 e. The molecule has 5 heteroatoms. The van der Waals surface area contributed by atoms with Crippen LogP contribution >= 0.6 is 23.2 Å². The second-order valence-corrected chi connectivity index (χ2v) is 5.14. The first-order valence-electron chi connectivity index (χ1n) is 5.94. The van der Waals surface area contributed by atoms with E-state index in [0.717, 1.165) is 6.54 Å². The van der Waals surface area contributed by atoms with E-state index < -0.39 is 0 Å². The van der Waals surface area contributed by atoms with Crippen molar-refractivity contribution < 1.29 is 9.53 Å². The van der Waals surface area contributed by atoms with Gasteiger partial charge in [0.15, 0.2) is 5.78 Å². The van der Waals surface area contributed by atoms with Crippen molar-refractivity contribution in [1.82, 2.24) is 5.32 Å². The highest BCUT2D eigenvalue weighted by Gasteiger charge is 2.34. The Kier molecular flexibility index (Phi) is 4.62. The van der Waals surface area contributed by atoms with Gasteiger partial charge < -0.3 is 10.1 Å². The molecule has 18 heavy (non-hydrogen) atoms. The van der Waals surface area contributed by atoms with Crippen molar-refractivity contribution in [2.24, 2.45) is 5.92 Å². The molecule has 2 atom stereocenters. The van der Waals surface area contributed by atoms with Gasteiger partial charge in [0.2, 0.25) is 0 Å². The summed E-state index contributed by atoms with van der Waals surface area (Å²) in [5, 5.41) is 4.21. The van der Waals surface area contributed by atoms with Crippen molar-refractivity contribution in [3.05, 3.63) is 33.8 Å². The maximum absolute atomic E-state index is 12.4. The van der Waals surface area contributed by atoms with Gasteiger partial charge >= 0.3 is 0 Å². The number of ketones is 1. The van der Waals surface area contributed by atoms with Crippen LogP contribution in [0.5, 0.6) is 0 Å². The minimum atomic E-state index is -0.194. The summed E-state index contributed by atoms with van der Waals surface area (Å²) in [6, 6.07) is 4.99. The monoisotopic (exact) mass is 287 g/mol. The number of hydrogen-bond donors (Lipinski definition) is 1. The van der Waals surface area contributed by atoms with E-state index >= 15 is 0 Å². The van der Waals surface area contributed by atoms with Crippen molar-refractivity contribution in [2.75, 3.05) is 19.8 Å². The number of rotatable bonds is 4. The van der Waals surface area contributed by atoms with Crippen LogP contribution in [0.2, 0.25) is 10.0 Å². The van der Waals surface area contributed by atoms with Gasteiger partial charge in [0.1, 0.15) is 0 Å². The van der Waals surface area contributed by atoms with Crippen molar-refractivity contribution in [3.8, 4) is 0 Å². The smallest absolute Gasteiger partial charge is 0.171 e. The van der Waals surface area contributed by atoms with Gasteiger partial charge in [-0.2, -0.15) is 0 Å². The number of nitrogens with one attached hydrogen (secondary N) is 1. The summed E-state index contributed by atoms with van der Waals surface area (Å²) in [6.07, 6.45) is 0. The molecule has 0 bridgehead atoms. The van der Waals surface area contributed by atoms with Crippen LogP contribution < -0.4 is 5.32 Å². The van der Waals surface area contributed by atoms with Gasteiger partial charge in [-0.3, -0.25) is 4.79 Å². The second-order valence-electron chi connectivity index (χ2n) is 4.30. The third kappa shape index (κ3) is 2.86. The first-order valence-corrected chi connectivity index (χ1v) is 6.69. The molecular weight excluding hydrogens is 273 g/mol. The molecular formula is C13H15Cl2NO2. The molecule has 0 aromatic heterocycles. The number of benzene rings is 1. The summed E-state index contributed by atoms with van der Waals surface area (Å²) >= 11 is 12.0. The number of Topliss-reactive ketones (excluding diaryl/α,β-unsaturated/α-hetero) is 1. The Hall–Kier alpha value is -0.610. The summed E-state index contributed by atoms with van der Waals surface area (Å²) < 4.78 is 5.38. The summed E-state index contributed by atoms with van der Waals surface area (Å²) in [6.45, 7) is 3.80. The molecule has 0 aliphatic carbocycles. The van der Waals surface area contributed by atoms with E-state index in [-0.39, 0.29) is 17.7 Å². The standard InChI is InChI=1S/C13H15Cl2NO2/c1-2-16-12-7-18-6-10(12)13(17)9-5-8(14)3-4-11(9)15/h3-5,10,12,16H,2,6-7H2,1H3. The average Bonchev–Trinajstić information content (AvgIpc) is 2.80. The van der Waals surface area contributed by atoms with Gasteiger partial charge in [-0.15, -0.1) is 0 Å². The molecule has 0 saturated carbocycles. The van der Waals surface area contributed by atoms with E-state index in [1.54, 1.807) is 18.2 Å². The van der Waals surface area contributed by atoms with Crippen LogP contribution in [0.1, 0.15) is 17.3 Å². The van der Waals surface area contributed by atoms with Gasteiger partial charge in [-0.05, 0) is 24.7 Å². The number of carbonyl (C=O) groups is 1. The SMILES string of the molecule is CCNC1COCC1C(=O)c1cc(Cl)ccc1Cl. The summed E-state index contributed by atoms with van der Waals surface area (Å²) in [4.78, 5) is 12.4. The zero-order valence-electron chi connectivity index (χ0n) is 10.1. The molecule has 1 aromatic rings. The van der Waals surface area contributed by atoms with Crippen molar-refractivity contribution >= 4 is 29.0 Å². The first-order chi connectivity index (χ1) is 8.63. The van der Waals surface area contributed by atoms with Crippen LogP contribution in [0.25, 0.3) is 0 Å². The Morgan fingerprint density at radius 3 is 2.94 bits per heavy atom. The van der Waals surface area contributed by atoms with E-state index in [2.05, 4.69) is 5.32 Å². The molecule has 1 aliphatic heterocycles. The Morgan fingerprint density at radius 1 is 1.44 bits per heavy atom. The predicted octanol–water partition coefficient (Wildman–Crippen LogP) is 2.80. The topological polar surface area (TPSA) is 38.3 Å². The maximum atomic E-state index is 12.4. The van der Waals surface area contributed by atoms with Crippen LogP contribution in [-0.4, -0.2) is 31.6 Å². The number of hydrogen-bond acceptors (Lipinski definition) is 3. The molecule has 1 heterocycles. The molecule has 0 spiro atoms. The molecule has 1 N–H and O–H groups in total. The summed E-state index contributed by atoms with van der Waals surface area (Å²) in [5.74, 6) is -0.202. The maximum Gasteiger partial charge on any atom is 0.171 e. The fourth-order valence-electron chi connectivity index (χ4n) is 2.16. The Labute approximate surface area is 116 Å². The number of carbonyl (C=O) groups excluding carboxylic acids is 1. The Morgan fingerprint density at radius 2 is 2.22 bits per heavy atom. The van der Waals surface area contributed by atoms with E-state index in [1.165, 1.54) is 0 Å². The van der Waals surface area contributed by atoms with Crippen LogP contribution in [-0.2, 0) is 4.74 Å². The fraction of sp³-hybridized carbons (Fsp3) is 0.462. The third-order valence-corrected chi connectivity index (χ3v) is 3.64. The molecule has 1 aliphatic rings. The molecule has 2 unspecified atom stereocenters. The predicted molar refractivity (Wildman–Crippen MR) is 72.6 cm³/mol. The number of halogens is 2. The second kappa shape index (κ2) is 6.02. The lowest BCUT2D eigenvalue weighted by Crippen LogP contribution is -2.39. The molecule has 0 radical (unpaired) electrons. The van der Waals surface area contributed by atoms with Gasteiger partial charge in [0, 0.05) is 16.6 Å². The molecule has 98 valence electrons. The van der Waals surface area contributed by atoms with Gasteiger partial charge in [0.25, 0.3) is 0 Å². The van der Waals surface area contributed by atoms with E-state index in [0.29, 0.717) is 28.8 Å². The highest BCUT2D eigenvalue weighted by Crippen LogP contribution is 2.26. The molecule has 0 amide bonds. The Bertz CT molecular complexity index is 451. The van der Waals surface area contributed by atoms with Crippen molar-refractivity contribution in [1.29, 1.82) is 0 Å². The van der Waals surface area contributed by atoms with Gasteiger partial charge in [0.05, 0.1) is 24.2 Å². The average molecular weight is 288 g/mol. The summed E-state index contributed by atoms with van der Waals surface area (Å²) in [5.41, 5.74) is 0.475. The molecule has 1 fully saturated rings. The molecule has 3 nitrogen and oxygen atoms in total. The lowest BCUT2D eigenvalue weighted by Gasteiger charge is -2.17. The quantitative estimate of drug-likeness (QED) is 0.866. The summed E-state index contributed by atoms with van der Waals surface area (Å²) in [7, 11) is 0. The number of likely N-dealkylation sites (N-methyl/N-ethyl adjacent to an activating group) is 1. The van der Waals surface area contributed by atoms with Crippen LogP contribution in [0.3, 0.4) is 0 Å². The fourth-order valence-corrected chi connectivity index (χ4v) is 2.54. The minimum absolute atomic E-state index is 0.00838. The van der Waals surface area contributed by atoms with E-state index in [9.17, 15) is 4.79 Å². The normalized spacial score (nSPS) is 23.3. The lowest BCUT2D eigenvalue weighted by molar-refractivity contribution is 0.0892. The highest BCUT2D eigenvalue weighted by atomic mass is 35.5. The van der Waals surface area contributed by atoms with Crippen LogP contribution in [0.15, 0.2) is 18.2 Å². The van der Waals surface area contributed by atoms with Crippen molar-refractivity contribution in [2.45, 2.75) is 13.0 Å². The van der Waals surface area contributed by atoms with Gasteiger partial charge in [-0.1, -0.05) is 30.1 Å². The first kappa shape index (κ1) is 13.8. The minimum Gasteiger partial charge on any atom is -0.379 e. The highest BCUT2D eigenvalue weighted by molar-refractivity contribution is 6.36. The lowest BCUT2D eigenvalue weighted by atomic mass is 9.93. The number of ether oxygens (including phenoxy) is 1. The van der Waals surface area contributed by atoms with E-state index in [1.807, 2.05) is 6.92 Å². The molecule has 1 aromatic carbocycles. The zero-order valence-corrected chi connectivity index (χ0v) is 11.6. The van der Waals surface area contributed by atoms with Crippen LogP contribution in [0.4, 0.5) is 0 Å². The van der Waals surface area contributed by atoms with E-state index in [4.69, 9.17) is 27.9 Å². The molecule has 2 rings (SSSR count).